The number of thiazole rings is 1. The Hall–Kier alpha value is -1.24. The lowest BCUT2D eigenvalue weighted by atomic mass is 10.2. The first kappa shape index (κ1) is 14.2. The van der Waals surface area contributed by atoms with Gasteiger partial charge in [0.05, 0.1) is 18.3 Å². The van der Waals surface area contributed by atoms with Gasteiger partial charge in [0, 0.05) is 10.9 Å². The van der Waals surface area contributed by atoms with E-state index in [1.807, 2.05) is 30.7 Å². The van der Waals surface area contributed by atoms with Crippen molar-refractivity contribution in [2.75, 3.05) is 6.61 Å². The summed E-state index contributed by atoms with van der Waals surface area (Å²) in [5.74, 6) is -0.155. The van der Waals surface area contributed by atoms with Crippen molar-refractivity contribution in [2.45, 2.75) is 26.3 Å². The Morgan fingerprint density at radius 2 is 2.37 bits per heavy atom. The van der Waals surface area contributed by atoms with Crippen LogP contribution in [0.1, 0.15) is 28.7 Å². The summed E-state index contributed by atoms with van der Waals surface area (Å²) in [5.41, 5.74) is 1.78. The number of thiophene rings is 1. The third kappa shape index (κ3) is 3.20. The minimum Gasteiger partial charge on any atom is -0.394 e. The van der Waals surface area contributed by atoms with Gasteiger partial charge in [-0.2, -0.15) is 11.3 Å². The standard InChI is InChI=1S/C13H16N2O2S2/c1-3-10(6-16)15-12(17)11-8(2)14-13(19-11)9-4-5-18-7-9/h4-5,7,10,16H,3,6H2,1-2H3,(H,15,17)/t10-/m1/s1. The Balaban J connectivity index is 2.19. The van der Waals surface area contributed by atoms with Crippen molar-refractivity contribution in [3.63, 3.8) is 0 Å². The lowest BCUT2D eigenvalue weighted by Crippen LogP contribution is -2.36. The topological polar surface area (TPSA) is 62.2 Å². The summed E-state index contributed by atoms with van der Waals surface area (Å²) < 4.78 is 0. The number of aryl methyl sites for hydroxylation is 1. The van der Waals surface area contributed by atoms with Crippen molar-refractivity contribution >= 4 is 28.6 Å². The molecule has 0 bridgehead atoms. The van der Waals surface area contributed by atoms with Crippen molar-refractivity contribution in [3.05, 3.63) is 27.4 Å². The smallest absolute Gasteiger partial charge is 0.263 e. The van der Waals surface area contributed by atoms with Crippen LogP contribution in [0.4, 0.5) is 0 Å². The number of nitrogens with zero attached hydrogens (tertiary/aromatic N) is 1. The summed E-state index contributed by atoms with van der Waals surface area (Å²) in [6.07, 6.45) is 0.706. The highest BCUT2D eigenvalue weighted by Gasteiger charge is 2.18. The molecule has 2 aromatic rings. The number of carbonyl (C=O) groups is 1. The van der Waals surface area contributed by atoms with E-state index in [9.17, 15) is 4.79 Å². The summed E-state index contributed by atoms with van der Waals surface area (Å²) in [5, 5.41) is 16.8. The third-order valence-corrected chi connectivity index (χ3v) is 4.71. The Bertz CT molecular complexity index is 545. The quantitative estimate of drug-likeness (QED) is 0.891. The highest BCUT2D eigenvalue weighted by Crippen LogP contribution is 2.29. The fraction of sp³-hybridized carbons (Fsp3) is 0.385. The van der Waals surface area contributed by atoms with E-state index in [4.69, 9.17) is 5.11 Å². The lowest BCUT2D eigenvalue weighted by Gasteiger charge is -2.12. The second kappa shape index (κ2) is 6.27. The zero-order valence-electron chi connectivity index (χ0n) is 10.8. The molecule has 2 aromatic heterocycles. The first-order valence-electron chi connectivity index (χ1n) is 6.07. The summed E-state index contributed by atoms with van der Waals surface area (Å²) in [7, 11) is 0. The van der Waals surface area contributed by atoms with Crippen LogP contribution in [0.15, 0.2) is 16.8 Å². The number of hydrogen-bond donors (Lipinski definition) is 2. The number of carbonyl (C=O) groups excluding carboxylic acids is 1. The molecule has 0 aliphatic rings. The Labute approximate surface area is 120 Å². The largest absolute Gasteiger partial charge is 0.394 e. The van der Waals surface area contributed by atoms with Crippen molar-refractivity contribution in [1.82, 2.24) is 10.3 Å². The summed E-state index contributed by atoms with van der Waals surface area (Å²) in [4.78, 5) is 17.2. The van der Waals surface area contributed by atoms with Gasteiger partial charge < -0.3 is 10.4 Å². The van der Waals surface area contributed by atoms with Gasteiger partial charge in [-0.1, -0.05) is 6.92 Å². The maximum absolute atomic E-state index is 12.1. The first-order chi connectivity index (χ1) is 9.15. The summed E-state index contributed by atoms with van der Waals surface area (Å²) >= 11 is 3.00. The zero-order chi connectivity index (χ0) is 13.8. The van der Waals surface area contributed by atoms with E-state index >= 15 is 0 Å². The fourth-order valence-corrected chi connectivity index (χ4v) is 3.33. The maximum atomic E-state index is 12.1. The third-order valence-electron chi connectivity index (χ3n) is 2.82. The van der Waals surface area contributed by atoms with Gasteiger partial charge in [-0.25, -0.2) is 4.98 Å². The van der Waals surface area contributed by atoms with Gasteiger partial charge >= 0.3 is 0 Å². The van der Waals surface area contributed by atoms with Gasteiger partial charge in [-0.15, -0.1) is 11.3 Å². The monoisotopic (exact) mass is 296 g/mol. The molecule has 0 saturated carbocycles. The predicted octanol–water partition coefficient (Wildman–Crippen LogP) is 2.68. The average Bonchev–Trinajstić information content (AvgIpc) is 3.04. The molecular weight excluding hydrogens is 280 g/mol. The number of aliphatic hydroxyl groups is 1. The van der Waals surface area contributed by atoms with Crippen LogP contribution < -0.4 is 5.32 Å². The predicted molar refractivity (Wildman–Crippen MR) is 78.8 cm³/mol. The highest BCUT2D eigenvalue weighted by molar-refractivity contribution is 7.17. The molecule has 102 valence electrons. The number of rotatable bonds is 5. The second-order valence-electron chi connectivity index (χ2n) is 4.21. The second-order valence-corrected chi connectivity index (χ2v) is 5.99. The lowest BCUT2D eigenvalue weighted by molar-refractivity contribution is 0.0918. The zero-order valence-corrected chi connectivity index (χ0v) is 12.5. The van der Waals surface area contributed by atoms with E-state index in [0.29, 0.717) is 11.3 Å². The number of amides is 1. The molecule has 0 aliphatic carbocycles. The minimum atomic E-state index is -0.196. The van der Waals surface area contributed by atoms with E-state index in [0.717, 1.165) is 16.3 Å². The molecule has 4 nitrogen and oxygen atoms in total. The number of nitrogens with one attached hydrogen (secondary N) is 1. The molecule has 19 heavy (non-hydrogen) atoms. The van der Waals surface area contributed by atoms with Crippen molar-refractivity contribution in [2.24, 2.45) is 0 Å². The first-order valence-corrected chi connectivity index (χ1v) is 7.83. The molecule has 6 heteroatoms. The van der Waals surface area contributed by atoms with Gasteiger partial charge in [0.2, 0.25) is 0 Å². The van der Waals surface area contributed by atoms with Crippen molar-refractivity contribution in [1.29, 1.82) is 0 Å². The molecule has 0 radical (unpaired) electrons. The van der Waals surface area contributed by atoms with Crippen LogP contribution >= 0.6 is 22.7 Å². The summed E-state index contributed by atoms with van der Waals surface area (Å²) in [6.45, 7) is 3.72. The molecule has 2 N–H and O–H groups in total. The van der Waals surface area contributed by atoms with Crippen LogP contribution in [0.25, 0.3) is 10.6 Å². The molecule has 1 atom stereocenters. The van der Waals surface area contributed by atoms with E-state index in [1.54, 1.807) is 11.3 Å². The van der Waals surface area contributed by atoms with E-state index in [2.05, 4.69) is 10.3 Å². The van der Waals surface area contributed by atoms with Crippen molar-refractivity contribution < 1.29 is 9.90 Å². The number of aromatic nitrogens is 1. The van der Waals surface area contributed by atoms with Gasteiger partial charge in [-0.05, 0) is 24.8 Å². The van der Waals surface area contributed by atoms with Gasteiger partial charge in [0.15, 0.2) is 0 Å². The highest BCUT2D eigenvalue weighted by atomic mass is 32.1. The maximum Gasteiger partial charge on any atom is 0.263 e. The SMILES string of the molecule is CC[C@H](CO)NC(=O)c1sc(-c2ccsc2)nc1C. The molecule has 0 aliphatic heterocycles. The van der Waals surface area contributed by atoms with Crippen LogP contribution in [0.2, 0.25) is 0 Å². The molecule has 2 rings (SSSR count). The number of hydrogen-bond acceptors (Lipinski definition) is 5. The van der Waals surface area contributed by atoms with Gasteiger partial charge in [-0.3, -0.25) is 4.79 Å². The molecule has 0 fully saturated rings. The van der Waals surface area contributed by atoms with Gasteiger partial charge in [0.1, 0.15) is 9.88 Å². The molecule has 0 unspecified atom stereocenters. The fourth-order valence-electron chi connectivity index (χ4n) is 1.64. The Kier molecular flexibility index (Phi) is 4.68. The molecule has 2 heterocycles. The van der Waals surface area contributed by atoms with Gasteiger partial charge in [0.25, 0.3) is 5.91 Å². The van der Waals surface area contributed by atoms with Crippen LogP contribution in [-0.2, 0) is 0 Å². The van der Waals surface area contributed by atoms with E-state index in [1.165, 1.54) is 11.3 Å². The average molecular weight is 296 g/mol. The Morgan fingerprint density at radius 1 is 1.58 bits per heavy atom. The molecule has 0 spiro atoms. The van der Waals surface area contributed by atoms with Crippen LogP contribution in [0.3, 0.4) is 0 Å². The normalized spacial score (nSPS) is 12.4. The van der Waals surface area contributed by atoms with E-state index in [-0.39, 0.29) is 18.6 Å². The molecule has 0 aromatic carbocycles. The van der Waals surface area contributed by atoms with Crippen LogP contribution in [0.5, 0.6) is 0 Å². The summed E-state index contributed by atoms with van der Waals surface area (Å²) in [6, 6.07) is 1.80. The van der Waals surface area contributed by atoms with Crippen molar-refractivity contribution in [3.8, 4) is 10.6 Å². The Morgan fingerprint density at radius 3 is 2.95 bits per heavy atom. The molecule has 1 amide bonds. The minimum absolute atomic E-state index is 0.0442. The number of aliphatic hydroxyl groups excluding tert-OH is 1. The van der Waals surface area contributed by atoms with E-state index < -0.39 is 0 Å². The molecular formula is C13H16N2O2S2. The molecule has 0 saturated heterocycles. The van der Waals surface area contributed by atoms with Crippen LogP contribution in [-0.4, -0.2) is 28.6 Å². The van der Waals surface area contributed by atoms with Crippen LogP contribution in [0, 0.1) is 6.92 Å².